The summed E-state index contributed by atoms with van der Waals surface area (Å²) in [4.78, 5) is 26.1. The number of carbonyl (C=O) groups is 2. The van der Waals surface area contributed by atoms with Gasteiger partial charge in [-0.05, 0) is 41.7 Å². The quantitative estimate of drug-likeness (QED) is 0.457. The lowest BCUT2D eigenvalue weighted by Crippen LogP contribution is -2.38. The highest BCUT2D eigenvalue weighted by atomic mass is 16.6. The van der Waals surface area contributed by atoms with Gasteiger partial charge in [0.2, 0.25) is 0 Å². The van der Waals surface area contributed by atoms with E-state index in [-0.39, 0.29) is 19.1 Å². The second kappa shape index (κ2) is 11.0. The molecule has 0 bridgehead atoms. The molecule has 162 valence electrons. The van der Waals surface area contributed by atoms with Gasteiger partial charge in [0.1, 0.15) is 0 Å². The maximum atomic E-state index is 12.4. The first-order valence-electron chi connectivity index (χ1n) is 10.2. The molecule has 2 aromatic carbocycles. The zero-order valence-corrected chi connectivity index (χ0v) is 17.7. The number of nitrogens with zero attached hydrogens (tertiary/aromatic N) is 1. The van der Waals surface area contributed by atoms with E-state index in [1.54, 1.807) is 17.0 Å². The molecule has 0 saturated heterocycles. The van der Waals surface area contributed by atoms with E-state index in [0.717, 1.165) is 12.0 Å². The number of benzene rings is 2. The van der Waals surface area contributed by atoms with Crippen molar-refractivity contribution in [2.24, 2.45) is 0 Å². The van der Waals surface area contributed by atoms with E-state index in [4.69, 9.17) is 14.2 Å². The van der Waals surface area contributed by atoms with E-state index < -0.39 is 5.97 Å². The standard InChI is InChI=1S/C25H27NO5/c1-3-7-19-10-11-22(23(16-19)29-2)30-18-25(28)31-17-24(27)26-14-12-21(13-15-26)20-8-5-4-6-9-20/h3-6,8-12,16H,1,7,13-15,17-18H2,2H3. The molecule has 0 spiro atoms. The summed E-state index contributed by atoms with van der Waals surface area (Å²) >= 11 is 0. The third kappa shape index (κ3) is 6.22. The molecule has 6 nitrogen and oxygen atoms in total. The van der Waals surface area contributed by atoms with E-state index in [1.807, 2.05) is 36.4 Å². The largest absolute Gasteiger partial charge is 0.493 e. The number of ether oxygens (including phenoxy) is 3. The Bertz CT molecular complexity index is 952. The van der Waals surface area contributed by atoms with E-state index in [9.17, 15) is 9.59 Å². The van der Waals surface area contributed by atoms with Gasteiger partial charge in [-0.2, -0.15) is 0 Å². The molecule has 0 saturated carbocycles. The molecule has 0 atom stereocenters. The van der Waals surface area contributed by atoms with Gasteiger partial charge < -0.3 is 19.1 Å². The van der Waals surface area contributed by atoms with E-state index in [2.05, 4.69) is 18.7 Å². The Kier molecular flexibility index (Phi) is 7.87. The minimum absolute atomic E-state index is 0.219. The Hall–Kier alpha value is -3.54. The topological polar surface area (TPSA) is 65.1 Å². The first-order chi connectivity index (χ1) is 15.1. The zero-order chi connectivity index (χ0) is 22.1. The van der Waals surface area contributed by atoms with Gasteiger partial charge in [-0.1, -0.05) is 48.6 Å². The summed E-state index contributed by atoms with van der Waals surface area (Å²) in [6.07, 6.45) is 5.32. The Balaban J connectivity index is 1.44. The fourth-order valence-electron chi connectivity index (χ4n) is 3.35. The highest BCUT2D eigenvalue weighted by Gasteiger charge is 2.19. The highest BCUT2D eigenvalue weighted by Crippen LogP contribution is 2.28. The van der Waals surface area contributed by atoms with Gasteiger partial charge in [0.15, 0.2) is 24.7 Å². The lowest BCUT2D eigenvalue weighted by Gasteiger charge is -2.26. The Morgan fingerprint density at radius 1 is 1.10 bits per heavy atom. The van der Waals surface area contributed by atoms with Crippen molar-refractivity contribution < 1.29 is 23.8 Å². The van der Waals surface area contributed by atoms with Crippen molar-refractivity contribution in [2.75, 3.05) is 33.4 Å². The number of hydrogen-bond acceptors (Lipinski definition) is 5. The van der Waals surface area contributed by atoms with Crippen molar-refractivity contribution in [2.45, 2.75) is 12.8 Å². The van der Waals surface area contributed by atoms with Crippen LogP contribution in [-0.4, -0.2) is 50.2 Å². The van der Waals surface area contributed by atoms with Gasteiger partial charge >= 0.3 is 5.97 Å². The lowest BCUT2D eigenvalue weighted by atomic mass is 10.00. The number of carbonyl (C=O) groups excluding carboxylic acids is 2. The van der Waals surface area contributed by atoms with Gasteiger partial charge in [0, 0.05) is 13.1 Å². The maximum absolute atomic E-state index is 12.4. The molecule has 2 aromatic rings. The van der Waals surface area contributed by atoms with Crippen LogP contribution in [0.5, 0.6) is 11.5 Å². The number of esters is 1. The third-order valence-corrected chi connectivity index (χ3v) is 5.02. The summed E-state index contributed by atoms with van der Waals surface area (Å²) in [5.74, 6) is 0.136. The minimum atomic E-state index is -0.608. The predicted molar refractivity (Wildman–Crippen MR) is 119 cm³/mol. The predicted octanol–water partition coefficient (Wildman–Crippen LogP) is 3.66. The van der Waals surface area contributed by atoms with Crippen molar-refractivity contribution in [3.8, 4) is 11.5 Å². The molecule has 1 aliphatic rings. The first kappa shape index (κ1) is 22.2. The molecule has 1 heterocycles. The van der Waals surface area contributed by atoms with E-state index in [1.165, 1.54) is 18.2 Å². The van der Waals surface area contributed by atoms with Crippen LogP contribution in [0.1, 0.15) is 17.5 Å². The average molecular weight is 421 g/mol. The van der Waals surface area contributed by atoms with Crippen molar-refractivity contribution in [1.82, 2.24) is 4.90 Å². The summed E-state index contributed by atoms with van der Waals surface area (Å²) in [6.45, 7) is 4.21. The van der Waals surface area contributed by atoms with Crippen LogP contribution in [0.15, 0.2) is 67.3 Å². The van der Waals surface area contributed by atoms with Crippen LogP contribution in [-0.2, 0) is 20.7 Å². The molecular formula is C25H27NO5. The molecule has 0 radical (unpaired) electrons. The van der Waals surface area contributed by atoms with Crippen LogP contribution >= 0.6 is 0 Å². The van der Waals surface area contributed by atoms with Crippen LogP contribution in [0.4, 0.5) is 0 Å². The lowest BCUT2D eigenvalue weighted by molar-refractivity contribution is -0.153. The van der Waals surface area contributed by atoms with Crippen molar-refractivity contribution in [3.63, 3.8) is 0 Å². The fraction of sp³-hybridized carbons (Fsp3) is 0.280. The second-order valence-corrected chi connectivity index (χ2v) is 7.11. The summed E-state index contributed by atoms with van der Waals surface area (Å²) in [5.41, 5.74) is 3.42. The molecule has 0 unspecified atom stereocenters. The molecule has 0 N–H and O–H groups in total. The molecule has 0 aromatic heterocycles. The zero-order valence-electron chi connectivity index (χ0n) is 17.7. The monoisotopic (exact) mass is 421 g/mol. The molecule has 0 fully saturated rings. The van der Waals surface area contributed by atoms with Crippen LogP contribution in [0.25, 0.3) is 5.57 Å². The van der Waals surface area contributed by atoms with Gasteiger partial charge in [-0.3, -0.25) is 4.79 Å². The SMILES string of the molecule is C=CCc1ccc(OCC(=O)OCC(=O)N2CC=C(c3ccccc3)CC2)c(OC)c1. The maximum Gasteiger partial charge on any atom is 0.344 e. The Morgan fingerprint density at radius 3 is 2.58 bits per heavy atom. The number of amides is 1. The average Bonchev–Trinajstić information content (AvgIpc) is 2.82. The highest BCUT2D eigenvalue weighted by molar-refractivity contribution is 5.82. The molecule has 31 heavy (non-hydrogen) atoms. The molecule has 1 aliphatic heterocycles. The van der Waals surface area contributed by atoms with Crippen molar-refractivity contribution >= 4 is 17.4 Å². The number of methoxy groups -OCH3 is 1. The van der Waals surface area contributed by atoms with Crippen molar-refractivity contribution in [3.05, 3.63) is 78.4 Å². The number of allylic oxidation sites excluding steroid dienone is 1. The second-order valence-electron chi connectivity index (χ2n) is 7.11. The first-order valence-corrected chi connectivity index (χ1v) is 10.2. The Morgan fingerprint density at radius 2 is 1.90 bits per heavy atom. The van der Waals surface area contributed by atoms with Gasteiger partial charge in [-0.25, -0.2) is 4.79 Å². The number of rotatable bonds is 9. The molecule has 0 aliphatic carbocycles. The van der Waals surface area contributed by atoms with Crippen molar-refractivity contribution in [1.29, 1.82) is 0 Å². The molecule has 1 amide bonds. The molecular weight excluding hydrogens is 394 g/mol. The minimum Gasteiger partial charge on any atom is -0.493 e. The summed E-state index contributed by atoms with van der Waals surface area (Å²) in [6, 6.07) is 15.6. The Labute approximate surface area is 182 Å². The van der Waals surface area contributed by atoms with E-state index >= 15 is 0 Å². The van der Waals surface area contributed by atoms with Gasteiger partial charge in [-0.15, -0.1) is 6.58 Å². The fourth-order valence-corrected chi connectivity index (χ4v) is 3.35. The smallest absolute Gasteiger partial charge is 0.344 e. The number of hydrogen-bond donors (Lipinski definition) is 0. The van der Waals surface area contributed by atoms with Crippen LogP contribution < -0.4 is 9.47 Å². The van der Waals surface area contributed by atoms with Crippen LogP contribution in [0.2, 0.25) is 0 Å². The molecule has 3 rings (SSSR count). The molecule has 6 heteroatoms. The van der Waals surface area contributed by atoms with Gasteiger partial charge in [0.05, 0.1) is 7.11 Å². The van der Waals surface area contributed by atoms with Crippen LogP contribution in [0, 0.1) is 0 Å². The summed E-state index contributed by atoms with van der Waals surface area (Å²) in [5, 5.41) is 0. The van der Waals surface area contributed by atoms with E-state index in [0.29, 0.717) is 31.0 Å². The normalized spacial score (nSPS) is 13.2. The third-order valence-electron chi connectivity index (χ3n) is 5.02. The summed E-state index contributed by atoms with van der Waals surface area (Å²) in [7, 11) is 1.53. The van der Waals surface area contributed by atoms with Gasteiger partial charge in [0.25, 0.3) is 5.91 Å². The van der Waals surface area contributed by atoms with Crippen LogP contribution in [0.3, 0.4) is 0 Å². The summed E-state index contributed by atoms with van der Waals surface area (Å²) < 4.78 is 15.9.